The number of nitrogens with two attached hydrogens (primary N) is 1. The number of rotatable bonds is 5. The monoisotopic (exact) mass is 276 g/mol. The van der Waals surface area contributed by atoms with Crippen LogP contribution in [0, 0.1) is 0 Å². The lowest BCUT2D eigenvalue weighted by atomic mass is 10.3. The van der Waals surface area contributed by atoms with Crippen molar-refractivity contribution in [3.8, 4) is 0 Å². The molecule has 1 aliphatic rings. The van der Waals surface area contributed by atoms with Crippen LogP contribution in [0.1, 0.15) is 6.42 Å². The van der Waals surface area contributed by atoms with Crippen LogP contribution in [-0.2, 0) is 9.59 Å². The molecule has 0 unspecified atom stereocenters. The molecule has 0 bridgehead atoms. The largest absolute Gasteiger partial charge is 0.348 e. The zero-order chi connectivity index (χ0) is 13.4. The zero-order valence-electron chi connectivity index (χ0n) is 10.5. The Balaban J connectivity index is 2.28. The number of halogens is 1. The number of alkyl halides is 1. The van der Waals surface area contributed by atoms with Crippen molar-refractivity contribution < 1.29 is 9.59 Å². The van der Waals surface area contributed by atoms with Crippen LogP contribution in [0.3, 0.4) is 0 Å². The van der Waals surface area contributed by atoms with Crippen LogP contribution in [-0.4, -0.2) is 73.3 Å². The molecule has 1 fully saturated rings. The third-order valence-corrected chi connectivity index (χ3v) is 3.16. The molecule has 0 aromatic carbocycles. The van der Waals surface area contributed by atoms with E-state index in [9.17, 15) is 9.59 Å². The number of hydrogen-bond acceptors (Lipinski definition) is 4. The molecule has 1 heterocycles. The summed E-state index contributed by atoms with van der Waals surface area (Å²) in [7, 11) is 0. The molecular weight excluding hydrogens is 256 g/mol. The summed E-state index contributed by atoms with van der Waals surface area (Å²) in [5.74, 6) is -0.504. The molecule has 0 aliphatic carbocycles. The molecular formula is C11H21ClN4O2. The van der Waals surface area contributed by atoms with Gasteiger partial charge in [0.15, 0.2) is 0 Å². The molecule has 18 heavy (non-hydrogen) atoms. The molecule has 0 saturated carbocycles. The first-order valence-electron chi connectivity index (χ1n) is 6.24. The molecule has 0 spiro atoms. The van der Waals surface area contributed by atoms with Gasteiger partial charge >= 0.3 is 11.8 Å². The summed E-state index contributed by atoms with van der Waals surface area (Å²) in [6.07, 6.45) is 0.671. The molecule has 7 heteroatoms. The SMILES string of the molecule is NCCN1CCN(C(=O)C(=O)NCCCCl)CC1. The van der Waals surface area contributed by atoms with E-state index in [0.29, 0.717) is 38.5 Å². The van der Waals surface area contributed by atoms with E-state index in [2.05, 4.69) is 10.2 Å². The van der Waals surface area contributed by atoms with Gasteiger partial charge < -0.3 is 16.0 Å². The zero-order valence-corrected chi connectivity index (χ0v) is 11.3. The fourth-order valence-corrected chi connectivity index (χ4v) is 1.98. The lowest BCUT2D eigenvalue weighted by molar-refractivity contribution is -0.146. The maximum Gasteiger partial charge on any atom is 0.311 e. The van der Waals surface area contributed by atoms with E-state index in [1.807, 2.05) is 0 Å². The van der Waals surface area contributed by atoms with E-state index >= 15 is 0 Å². The molecule has 1 aliphatic heterocycles. The maximum absolute atomic E-state index is 11.8. The third-order valence-electron chi connectivity index (χ3n) is 2.90. The van der Waals surface area contributed by atoms with Gasteiger partial charge in [0.1, 0.15) is 0 Å². The number of amides is 2. The van der Waals surface area contributed by atoms with Crippen LogP contribution in [0.25, 0.3) is 0 Å². The average Bonchev–Trinajstić information content (AvgIpc) is 2.39. The Hall–Kier alpha value is -0.850. The van der Waals surface area contributed by atoms with Gasteiger partial charge in [-0.1, -0.05) is 0 Å². The van der Waals surface area contributed by atoms with Gasteiger partial charge in [0.25, 0.3) is 0 Å². The number of carbonyl (C=O) groups excluding carboxylic acids is 2. The Kier molecular flexibility index (Phi) is 7.00. The van der Waals surface area contributed by atoms with Crippen LogP contribution >= 0.6 is 11.6 Å². The first-order valence-corrected chi connectivity index (χ1v) is 6.78. The van der Waals surface area contributed by atoms with Crippen LogP contribution in [0.2, 0.25) is 0 Å². The summed E-state index contributed by atoms with van der Waals surface area (Å²) < 4.78 is 0. The third kappa shape index (κ3) is 4.80. The molecule has 6 nitrogen and oxygen atoms in total. The van der Waals surface area contributed by atoms with E-state index in [1.54, 1.807) is 4.90 Å². The minimum atomic E-state index is -0.535. The topological polar surface area (TPSA) is 78.7 Å². The average molecular weight is 277 g/mol. The maximum atomic E-state index is 11.8. The summed E-state index contributed by atoms with van der Waals surface area (Å²) in [5, 5.41) is 2.57. The summed E-state index contributed by atoms with van der Waals surface area (Å²) in [4.78, 5) is 27.1. The minimum Gasteiger partial charge on any atom is -0.348 e. The highest BCUT2D eigenvalue weighted by atomic mass is 35.5. The van der Waals surface area contributed by atoms with Gasteiger partial charge in [-0.15, -0.1) is 11.6 Å². The predicted octanol–water partition coefficient (Wildman–Crippen LogP) is -1.17. The Morgan fingerprint density at radius 1 is 1.22 bits per heavy atom. The highest BCUT2D eigenvalue weighted by Crippen LogP contribution is 2.01. The van der Waals surface area contributed by atoms with E-state index in [4.69, 9.17) is 17.3 Å². The summed E-state index contributed by atoms with van der Waals surface area (Å²) in [6.45, 7) is 4.62. The predicted molar refractivity (Wildman–Crippen MR) is 70.4 cm³/mol. The minimum absolute atomic E-state index is 0.446. The Bertz CT molecular complexity index is 280. The summed E-state index contributed by atoms with van der Waals surface area (Å²) in [6, 6.07) is 0. The van der Waals surface area contributed by atoms with Crippen molar-refractivity contribution >= 4 is 23.4 Å². The second kappa shape index (κ2) is 8.29. The molecule has 3 N–H and O–H groups in total. The van der Waals surface area contributed by atoms with Gasteiger partial charge in [-0.25, -0.2) is 0 Å². The van der Waals surface area contributed by atoms with Gasteiger partial charge in [-0.3, -0.25) is 14.5 Å². The van der Waals surface area contributed by atoms with Gasteiger partial charge in [0.2, 0.25) is 0 Å². The smallest absolute Gasteiger partial charge is 0.311 e. The Labute approximate surface area is 112 Å². The molecule has 0 aromatic heterocycles. The van der Waals surface area contributed by atoms with Crippen LogP contribution < -0.4 is 11.1 Å². The van der Waals surface area contributed by atoms with Crippen LogP contribution in [0.4, 0.5) is 0 Å². The molecule has 0 radical (unpaired) electrons. The first-order chi connectivity index (χ1) is 8.69. The standard InChI is InChI=1S/C11H21ClN4O2/c12-2-1-4-14-10(17)11(18)16-8-6-15(5-3-13)7-9-16/h1-9,13H2,(H,14,17). The highest BCUT2D eigenvalue weighted by Gasteiger charge is 2.25. The van der Waals surface area contributed by atoms with Gasteiger partial charge in [-0.2, -0.15) is 0 Å². The molecule has 2 amide bonds. The molecule has 104 valence electrons. The van der Waals surface area contributed by atoms with Gasteiger partial charge in [0.05, 0.1) is 0 Å². The van der Waals surface area contributed by atoms with Crippen LogP contribution in [0.15, 0.2) is 0 Å². The molecule has 0 aromatic rings. The lowest BCUT2D eigenvalue weighted by Gasteiger charge is -2.34. The number of nitrogens with one attached hydrogen (secondary N) is 1. The first kappa shape index (κ1) is 15.2. The Morgan fingerprint density at radius 3 is 2.44 bits per heavy atom. The highest BCUT2D eigenvalue weighted by molar-refractivity contribution is 6.35. The van der Waals surface area contributed by atoms with Crippen molar-refractivity contribution in [2.24, 2.45) is 5.73 Å². The lowest BCUT2D eigenvalue weighted by Crippen LogP contribution is -2.53. The molecule has 1 rings (SSSR count). The van der Waals surface area contributed by atoms with E-state index in [0.717, 1.165) is 19.6 Å². The van der Waals surface area contributed by atoms with E-state index in [-0.39, 0.29) is 0 Å². The normalized spacial score (nSPS) is 16.7. The second-order valence-corrected chi connectivity index (χ2v) is 4.60. The molecule has 1 saturated heterocycles. The number of carbonyl (C=O) groups is 2. The van der Waals surface area contributed by atoms with Crippen molar-refractivity contribution in [1.82, 2.24) is 15.1 Å². The fourth-order valence-electron chi connectivity index (χ4n) is 1.85. The van der Waals surface area contributed by atoms with Gasteiger partial charge in [0, 0.05) is 51.7 Å². The summed E-state index contributed by atoms with van der Waals surface area (Å²) >= 11 is 5.50. The fraction of sp³-hybridized carbons (Fsp3) is 0.818. The Morgan fingerprint density at radius 2 is 1.89 bits per heavy atom. The van der Waals surface area contributed by atoms with Crippen molar-refractivity contribution in [1.29, 1.82) is 0 Å². The number of piperazine rings is 1. The van der Waals surface area contributed by atoms with Gasteiger partial charge in [-0.05, 0) is 6.42 Å². The van der Waals surface area contributed by atoms with E-state index < -0.39 is 11.8 Å². The second-order valence-electron chi connectivity index (χ2n) is 4.22. The van der Waals surface area contributed by atoms with Crippen molar-refractivity contribution in [2.75, 3.05) is 51.7 Å². The van der Waals surface area contributed by atoms with E-state index in [1.165, 1.54) is 0 Å². The summed E-state index contributed by atoms with van der Waals surface area (Å²) in [5.41, 5.74) is 5.47. The van der Waals surface area contributed by atoms with Crippen molar-refractivity contribution in [3.63, 3.8) is 0 Å². The van der Waals surface area contributed by atoms with Crippen molar-refractivity contribution in [2.45, 2.75) is 6.42 Å². The van der Waals surface area contributed by atoms with Crippen molar-refractivity contribution in [3.05, 3.63) is 0 Å². The number of nitrogens with zero attached hydrogens (tertiary/aromatic N) is 2. The quantitative estimate of drug-likeness (QED) is 0.377. The number of hydrogen-bond donors (Lipinski definition) is 2. The van der Waals surface area contributed by atoms with Crippen LogP contribution in [0.5, 0.6) is 0 Å². The molecule has 0 atom stereocenters.